The molecule has 3 saturated carbocycles. The Labute approximate surface area is 243 Å². The van der Waals surface area contributed by atoms with Crippen LogP contribution in [0.25, 0.3) is 0 Å². The second-order valence-corrected chi connectivity index (χ2v) is 13.9. The number of hydrogen-bond acceptors (Lipinski definition) is 7. The normalized spacial score (nSPS) is 47.6. The van der Waals surface area contributed by atoms with Crippen LogP contribution in [0.5, 0.6) is 0 Å². The fourth-order valence-corrected chi connectivity index (χ4v) is 10.3. The summed E-state index contributed by atoms with van der Waals surface area (Å²) in [5.41, 5.74) is 0. The third-order valence-electron chi connectivity index (χ3n) is 12.1. The number of carbonyl (C=O) groups is 2. The molecule has 2 amide bonds. The van der Waals surface area contributed by atoms with E-state index in [0.717, 1.165) is 64.3 Å². The number of nitrogens with one attached hydrogen (secondary N) is 1. The minimum Gasteiger partial charge on any atom is -0.379 e. The molecule has 10 nitrogen and oxygen atoms in total. The highest BCUT2D eigenvalue weighted by Gasteiger charge is 2.66. The summed E-state index contributed by atoms with van der Waals surface area (Å²) in [6.07, 6.45) is 8.72. The van der Waals surface area contributed by atoms with Crippen molar-refractivity contribution in [3.63, 3.8) is 0 Å². The molecule has 10 heteroatoms. The molecule has 0 aromatic rings. The zero-order valence-corrected chi connectivity index (χ0v) is 25.0. The van der Waals surface area contributed by atoms with E-state index in [1.54, 1.807) is 14.2 Å². The maximum absolute atomic E-state index is 14.2. The van der Waals surface area contributed by atoms with Crippen molar-refractivity contribution >= 4 is 11.8 Å². The Morgan fingerprint density at radius 3 is 2.68 bits per heavy atom. The predicted octanol–water partition coefficient (Wildman–Crippen LogP) is 0.819. The molecular formula is C31H50N3O7+. The average molecular weight is 577 g/mol. The minimum atomic E-state index is -0.478. The number of quaternary nitrogens is 1. The van der Waals surface area contributed by atoms with Gasteiger partial charge in [-0.2, -0.15) is 0 Å². The van der Waals surface area contributed by atoms with Crippen molar-refractivity contribution in [3.8, 4) is 0 Å². The molecule has 41 heavy (non-hydrogen) atoms. The van der Waals surface area contributed by atoms with Gasteiger partial charge in [0.05, 0.1) is 49.0 Å². The van der Waals surface area contributed by atoms with Crippen molar-refractivity contribution < 1.29 is 38.6 Å². The summed E-state index contributed by atoms with van der Waals surface area (Å²) in [6.45, 7) is 4.08. The van der Waals surface area contributed by atoms with Crippen molar-refractivity contribution in [1.82, 2.24) is 10.2 Å². The quantitative estimate of drug-likeness (QED) is 0.462. The van der Waals surface area contributed by atoms with Crippen molar-refractivity contribution in [2.45, 2.75) is 119 Å². The topological polar surface area (TPSA) is 112 Å². The summed E-state index contributed by atoms with van der Waals surface area (Å²) < 4.78 is 29.5. The molecule has 7 fully saturated rings. The molecule has 7 rings (SSSR count). The van der Waals surface area contributed by atoms with Crippen LogP contribution in [0.1, 0.15) is 64.7 Å². The number of rotatable bonds is 7. The summed E-state index contributed by atoms with van der Waals surface area (Å²) in [4.78, 5) is 29.6. The van der Waals surface area contributed by atoms with Crippen molar-refractivity contribution in [3.05, 3.63) is 0 Å². The van der Waals surface area contributed by atoms with Gasteiger partial charge in [-0.1, -0.05) is 0 Å². The van der Waals surface area contributed by atoms with Gasteiger partial charge in [0.1, 0.15) is 18.9 Å². The summed E-state index contributed by atoms with van der Waals surface area (Å²) >= 11 is 0. The molecule has 0 bridgehead atoms. The standard InChI is InChI=1S/C31H49N3O7/c1-16(30(35)33-14-17-4-8-23-25(12-17)40-15-39-23)41-18-5-7-22-21(13-18)19-10-11-32-27-20-6-9-24(37-2)29(38-3)26(20)31(36)34(22)28(19)27/h16-29,32H,4-15H2,1-3H3,(H,33,35)/p+1. The van der Waals surface area contributed by atoms with Crippen LogP contribution in [0.4, 0.5) is 0 Å². The van der Waals surface area contributed by atoms with E-state index in [9.17, 15) is 9.59 Å². The average Bonchev–Trinajstić information content (AvgIpc) is 3.60. The predicted molar refractivity (Wildman–Crippen MR) is 148 cm³/mol. The summed E-state index contributed by atoms with van der Waals surface area (Å²) in [5, 5.41) is 5.69. The van der Waals surface area contributed by atoms with Crippen LogP contribution < -0.4 is 10.6 Å². The lowest BCUT2D eigenvalue weighted by atomic mass is 9.64. The first kappa shape index (κ1) is 28.5. The number of hydrogen-bond donors (Lipinski definition) is 2. The molecule has 7 aliphatic rings. The van der Waals surface area contributed by atoms with E-state index in [1.807, 2.05) is 6.92 Å². The molecule has 14 unspecified atom stereocenters. The van der Waals surface area contributed by atoms with Gasteiger partial charge in [0, 0.05) is 39.1 Å². The number of carbonyl (C=O) groups excluding carboxylic acids is 2. The van der Waals surface area contributed by atoms with Crippen LogP contribution in [0.15, 0.2) is 0 Å². The zero-order chi connectivity index (χ0) is 28.2. The first-order valence-electron chi connectivity index (χ1n) is 16.4. The van der Waals surface area contributed by atoms with E-state index in [0.29, 0.717) is 55.0 Å². The Bertz CT molecular complexity index is 983. The molecule has 0 spiro atoms. The van der Waals surface area contributed by atoms with E-state index in [-0.39, 0.29) is 48.4 Å². The fraction of sp³-hybridized carbons (Fsp3) is 0.935. The number of ether oxygens (including phenoxy) is 5. The first-order valence-corrected chi connectivity index (χ1v) is 16.4. The third kappa shape index (κ3) is 4.94. The third-order valence-corrected chi connectivity index (χ3v) is 12.1. The zero-order valence-electron chi connectivity index (χ0n) is 25.0. The van der Waals surface area contributed by atoms with Crippen molar-refractivity contribution in [2.75, 3.05) is 34.1 Å². The highest BCUT2D eigenvalue weighted by atomic mass is 16.7. The highest BCUT2D eigenvalue weighted by Crippen LogP contribution is 2.53. The molecule has 230 valence electrons. The van der Waals surface area contributed by atoms with E-state index in [1.165, 1.54) is 0 Å². The lowest BCUT2D eigenvalue weighted by Gasteiger charge is -2.53. The number of amides is 2. The van der Waals surface area contributed by atoms with Crippen LogP contribution in [0, 0.1) is 29.6 Å². The van der Waals surface area contributed by atoms with E-state index < -0.39 is 6.10 Å². The van der Waals surface area contributed by atoms with E-state index >= 15 is 0 Å². The molecule has 4 aliphatic heterocycles. The van der Waals surface area contributed by atoms with Gasteiger partial charge in [-0.3, -0.25) is 9.59 Å². The monoisotopic (exact) mass is 576 g/mol. The number of piperidine rings is 2. The smallest absolute Gasteiger partial charge is 0.248 e. The Balaban J connectivity index is 0.982. The van der Waals surface area contributed by atoms with Gasteiger partial charge in [0.15, 0.2) is 0 Å². The van der Waals surface area contributed by atoms with Crippen LogP contribution >= 0.6 is 0 Å². The van der Waals surface area contributed by atoms with Gasteiger partial charge in [-0.15, -0.1) is 0 Å². The van der Waals surface area contributed by atoms with Crippen molar-refractivity contribution in [1.29, 1.82) is 0 Å². The van der Waals surface area contributed by atoms with Crippen LogP contribution in [-0.2, 0) is 33.3 Å². The molecule has 0 radical (unpaired) electrons. The van der Waals surface area contributed by atoms with Crippen LogP contribution in [-0.4, -0.2) is 106 Å². The fourth-order valence-electron chi connectivity index (χ4n) is 10.3. The second kappa shape index (κ2) is 11.7. The van der Waals surface area contributed by atoms with Gasteiger partial charge in [-0.05, 0) is 76.0 Å². The maximum atomic E-state index is 14.2. The SMILES string of the molecule is COC1CCC2C3[NH2+]CCC4C5CC(OC(C)C(=O)NCC6CCC7OCOC7C6)CCC5N(C(=O)C2C1OC)C43. The first-order chi connectivity index (χ1) is 20.0. The molecular weight excluding hydrogens is 526 g/mol. The lowest BCUT2D eigenvalue weighted by molar-refractivity contribution is -0.713. The lowest BCUT2D eigenvalue weighted by Crippen LogP contribution is -2.99. The molecule has 14 atom stereocenters. The number of nitrogens with zero attached hydrogens (tertiary/aromatic N) is 1. The maximum Gasteiger partial charge on any atom is 0.248 e. The van der Waals surface area contributed by atoms with Crippen molar-refractivity contribution in [2.24, 2.45) is 29.6 Å². The molecule has 0 aromatic heterocycles. The molecule has 3 aliphatic carbocycles. The Morgan fingerprint density at radius 1 is 1.00 bits per heavy atom. The summed E-state index contributed by atoms with van der Waals surface area (Å²) in [6, 6.07) is 1.03. The molecule has 4 saturated heterocycles. The number of nitrogens with two attached hydrogens (primary N) is 1. The highest BCUT2D eigenvalue weighted by molar-refractivity contribution is 5.82. The van der Waals surface area contributed by atoms with Gasteiger partial charge in [-0.25, -0.2) is 0 Å². The minimum absolute atomic E-state index is 0.0172. The van der Waals surface area contributed by atoms with Gasteiger partial charge >= 0.3 is 0 Å². The van der Waals surface area contributed by atoms with Crippen LogP contribution in [0.2, 0.25) is 0 Å². The van der Waals surface area contributed by atoms with Crippen LogP contribution in [0.3, 0.4) is 0 Å². The number of fused-ring (bicyclic) bond motifs is 6. The van der Waals surface area contributed by atoms with Gasteiger partial charge < -0.3 is 39.2 Å². The Morgan fingerprint density at radius 2 is 1.85 bits per heavy atom. The molecule has 4 heterocycles. The van der Waals surface area contributed by atoms with E-state index in [2.05, 4.69) is 15.5 Å². The second-order valence-electron chi connectivity index (χ2n) is 13.9. The number of methoxy groups -OCH3 is 2. The molecule has 0 aromatic carbocycles. The Hall–Kier alpha value is -1.30. The summed E-state index contributed by atoms with van der Waals surface area (Å²) in [7, 11) is 3.48. The Kier molecular flexibility index (Phi) is 8.09. The molecule has 3 N–H and O–H groups in total. The van der Waals surface area contributed by atoms with Gasteiger partial charge in [0.2, 0.25) is 11.8 Å². The van der Waals surface area contributed by atoms with E-state index in [4.69, 9.17) is 23.7 Å². The summed E-state index contributed by atoms with van der Waals surface area (Å²) in [5.74, 6) is 1.90. The largest absolute Gasteiger partial charge is 0.379 e. The van der Waals surface area contributed by atoms with Gasteiger partial charge in [0.25, 0.3) is 0 Å².